The molecule has 2 atom stereocenters. The first-order chi connectivity index (χ1) is 22.3. The maximum atomic E-state index is 13.1. The van der Waals surface area contributed by atoms with Gasteiger partial charge in [0, 0.05) is 34.8 Å². The summed E-state index contributed by atoms with van der Waals surface area (Å²) in [6.45, 7) is 8.51. The molecular weight excluding hydrogens is 629 g/mol. The van der Waals surface area contributed by atoms with Crippen LogP contribution >= 0.6 is 11.3 Å². The van der Waals surface area contributed by atoms with Gasteiger partial charge < -0.3 is 5.32 Å². The van der Waals surface area contributed by atoms with Gasteiger partial charge in [0.25, 0.3) is 11.8 Å². The normalized spacial score (nSPS) is 21.0. The summed E-state index contributed by atoms with van der Waals surface area (Å²) in [6, 6.07) is 9.99. The highest BCUT2D eigenvalue weighted by molar-refractivity contribution is 7.89. The van der Waals surface area contributed by atoms with E-state index >= 15 is 0 Å². The molecule has 2 N–H and O–H groups in total. The second-order valence-corrected chi connectivity index (χ2v) is 17.2. The number of rotatable bonds is 10. The molecule has 0 saturated heterocycles. The van der Waals surface area contributed by atoms with Crippen molar-refractivity contribution < 1.29 is 18.0 Å². The van der Waals surface area contributed by atoms with Crippen molar-refractivity contribution in [2.45, 2.75) is 96.9 Å². The van der Waals surface area contributed by atoms with Crippen LogP contribution in [0.3, 0.4) is 0 Å². The number of hydrogen-bond donors (Lipinski definition) is 2. The largest absolute Gasteiger partial charge is 0.339 e. The van der Waals surface area contributed by atoms with Gasteiger partial charge >= 0.3 is 0 Å². The minimum absolute atomic E-state index is 0.111. The van der Waals surface area contributed by atoms with Gasteiger partial charge in [-0.15, -0.1) is 11.3 Å². The summed E-state index contributed by atoms with van der Waals surface area (Å²) in [7, 11) is -3.81. The fourth-order valence-electron chi connectivity index (χ4n) is 6.84. The highest BCUT2D eigenvalue weighted by Crippen LogP contribution is 2.41. The van der Waals surface area contributed by atoms with Gasteiger partial charge in [0.05, 0.1) is 11.1 Å². The molecule has 1 saturated carbocycles. The number of aromatic nitrogens is 2. The Bertz CT molecular complexity index is 1680. The maximum Gasteiger partial charge on any atom is 0.262 e. The third kappa shape index (κ3) is 9.38. The van der Waals surface area contributed by atoms with Crippen molar-refractivity contribution in [3.05, 3.63) is 75.7 Å². The van der Waals surface area contributed by atoms with E-state index < -0.39 is 27.9 Å². The summed E-state index contributed by atoms with van der Waals surface area (Å²) >= 11 is 1.36. The molecular formula is C37H48N4O4S2. The SMILES string of the molecule is CC[C@H]1CC[C@H](C2CC=C(c3cnc(-c4ccc(C[C@H](NC(=O)c5ccc(C(C)(C)C)s5)C(=O)NS(C)(=O)=O)cc4)nc3)CC2)CC1. The van der Waals surface area contributed by atoms with E-state index in [1.54, 1.807) is 6.07 Å². The van der Waals surface area contributed by atoms with Crippen LogP contribution in [0.25, 0.3) is 17.0 Å². The molecule has 2 aromatic heterocycles. The van der Waals surface area contributed by atoms with Crippen LogP contribution in [0.1, 0.15) is 105 Å². The van der Waals surface area contributed by atoms with Crippen LogP contribution in [0, 0.1) is 17.8 Å². The van der Waals surface area contributed by atoms with Crippen molar-refractivity contribution in [2.75, 3.05) is 6.26 Å². The Kier molecular flexibility index (Phi) is 11.0. The Labute approximate surface area is 284 Å². The molecule has 1 aromatic carbocycles. The van der Waals surface area contributed by atoms with Gasteiger partial charge in [-0.2, -0.15) is 0 Å². The molecule has 3 aromatic rings. The molecule has 0 spiro atoms. The predicted octanol–water partition coefficient (Wildman–Crippen LogP) is 7.32. The summed E-state index contributed by atoms with van der Waals surface area (Å²) < 4.78 is 25.7. The van der Waals surface area contributed by atoms with Gasteiger partial charge in [-0.25, -0.2) is 18.4 Å². The first-order valence-electron chi connectivity index (χ1n) is 16.8. The molecule has 0 aliphatic heterocycles. The molecule has 10 heteroatoms. The number of nitrogens with zero attached hydrogens (tertiary/aromatic N) is 2. The van der Waals surface area contributed by atoms with E-state index in [1.165, 1.54) is 55.4 Å². The lowest BCUT2D eigenvalue weighted by molar-refractivity contribution is -0.121. The molecule has 0 radical (unpaired) electrons. The zero-order valence-electron chi connectivity index (χ0n) is 28.2. The summed E-state index contributed by atoms with van der Waals surface area (Å²) in [6.07, 6.45) is 17.6. The Hall–Kier alpha value is -3.37. The number of thiophene rings is 1. The second-order valence-electron chi connectivity index (χ2n) is 14.3. The lowest BCUT2D eigenvalue weighted by atomic mass is 9.71. The second kappa shape index (κ2) is 14.8. The van der Waals surface area contributed by atoms with Crippen LogP contribution in [0.2, 0.25) is 0 Å². The van der Waals surface area contributed by atoms with E-state index in [1.807, 2.05) is 47.4 Å². The Balaban J connectivity index is 1.22. The minimum atomic E-state index is -3.81. The molecule has 2 aliphatic carbocycles. The molecule has 0 bridgehead atoms. The molecule has 47 heavy (non-hydrogen) atoms. The summed E-state index contributed by atoms with van der Waals surface area (Å²) in [4.78, 5) is 36.9. The summed E-state index contributed by atoms with van der Waals surface area (Å²) in [5, 5.41) is 2.74. The average molecular weight is 677 g/mol. The van der Waals surface area contributed by atoms with Gasteiger partial charge in [0.15, 0.2) is 5.82 Å². The molecule has 2 aliphatic rings. The Morgan fingerprint density at radius 2 is 1.62 bits per heavy atom. The first-order valence-corrected chi connectivity index (χ1v) is 19.5. The number of amides is 2. The predicted molar refractivity (Wildman–Crippen MR) is 189 cm³/mol. The maximum absolute atomic E-state index is 13.1. The number of hydrogen-bond acceptors (Lipinski definition) is 7. The number of sulfonamides is 1. The fraction of sp³-hybridized carbons (Fsp3) is 0.514. The quantitative estimate of drug-likeness (QED) is 0.232. The van der Waals surface area contributed by atoms with Crippen molar-refractivity contribution in [2.24, 2.45) is 17.8 Å². The molecule has 252 valence electrons. The van der Waals surface area contributed by atoms with Crippen LogP contribution in [-0.2, 0) is 26.7 Å². The first kappa shape index (κ1) is 35.0. The van der Waals surface area contributed by atoms with E-state index in [-0.39, 0.29) is 11.8 Å². The fourth-order valence-corrected chi connectivity index (χ4v) is 8.31. The molecule has 2 amide bonds. The Morgan fingerprint density at radius 1 is 0.936 bits per heavy atom. The highest BCUT2D eigenvalue weighted by Gasteiger charge is 2.29. The van der Waals surface area contributed by atoms with Crippen LogP contribution in [0.4, 0.5) is 0 Å². The van der Waals surface area contributed by atoms with Gasteiger partial charge in [-0.05, 0) is 78.5 Å². The van der Waals surface area contributed by atoms with Gasteiger partial charge in [-0.1, -0.05) is 77.3 Å². The van der Waals surface area contributed by atoms with Crippen LogP contribution < -0.4 is 10.0 Å². The lowest BCUT2D eigenvalue weighted by Gasteiger charge is -2.35. The molecule has 2 heterocycles. The number of carbonyl (C=O) groups is 2. The third-order valence-electron chi connectivity index (χ3n) is 9.74. The molecule has 8 nitrogen and oxygen atoms in total. The van der Waals surface area contributed by atoms with Crippen LogP contribution in [0.15, 0.2) is 54.9 Å². The van der Waals surface area contributed by atoms with E-state index in [0.29, 0.717) is 10.7 Å². The summed E-state index contributed by atoms with van der Waals surface area (Å²) in [5.41, 5.74) is 3.88. The minimum Gasteiger partial charge on any atom is -0.339 e. The van der Waals surface area contributed by atoms with Crippen molar-refractivity contribution in [1.29, 1.82) is 0 Å². The van der Waals surface area contributed by atoms with Crippen molar-refractivity contribution in [3.8, 4) is 11.4 Å². The number of benzene rings is 1. The number of carbonyl (C=O) groups excluding carboxylic acids is 2. The van der Waals surface area contributed by atoms with Crippen molar-refractivity contribution in [1.82, 2.24) is 20.0 Å². The Morgan fingerprint density at radius 3 is 2.17 bits per heavy atom. The van der Waals surface area contributed by atoms with Gasteiger partial charge in [0.1, 0.15) is 6.04 Å². The van der Waals surface area contributed by atoms with Gasteiger partial charge in [-0.3, -0.25) is 14.3 Å². The standard InChI is InChI=1S/C37H48N4O4S2/c1-6-24-7-11-26(12-8-24)27-15-17-28(18-16-27)30-22-38-34(39-23-30)29-13-9-25(10-14-29)21-31(35(42)41-47(5,44)45)40-36(43)32-19-20-33(46-32)37(2,3)4/h9-10,13-14,17,19-20,22-24,26-27,31H,6-8,11-12,15-16,18,21H2,1-5H3,(H,40,43)(H,41,42)/t24-,26-,27?,31-/m0/s1. The van der Waals surface area contributed by atoms with Crippen molar-refractivity contribution in [3.63, 3.8) is 0 Å². The molecule has 1 fully saturated rings. The van der Waals surface area contributed by atoms with E-state index in [4.69, 9.17) is 0 Å². The third-order valence-corrected chi connectivity index (χ3v) is 11.8. The molecule has 5 rings (SSSR count). The van der Waals surface area contributed by atoms with E-state index in [9.17, 15) is 18.0 Å². The molecule has 1 unspecified atom stereocenters. The smallest absolute Gasteiger partial charge is 0.262 e. The van der Waals surface area contributed by atoms with E-state index in [0.717, 1.165) is 58.4 Å². The topological polar surface area (TPSA) is 118 Å². The van der Waals surface area contributed by atoms with Crippen LogP contribution in [-0.4, -0.2) is 42.5 Å². The average Bonchev–Trinajstić information content (AvgIpc) is 3.56. The summed E-state index contributed by atoms with van der Waals surface area (Å²) in [5.74, 6) is 2.01. The number of allylic oxidation sites excluding steroid dienone is 2. The highest BCUT2D eigenvalue weighted by atomic mass is 32.2. The van der Waals surface area contributed by atoms with Crippen molar-refractivity contribution >= 4 is 38.7 Å². The van der Waals surface area contributed by atoms with Gasteiger partial charge in [0.2, 0.25) is 10.0 Å². The number of nitrogens with one attached hydrogen (secondary N) is 2. The monoisotopic (exact) mass is 676 g/mol. The lowest BCUT2D eigenvalue weighted by Crippen LogP contribution is -2.49. The zero-order chi connectivity index (χ0) is 33.8. The van der Waals surface area contributed by atoms with E-state index in [2.05, 4.69) is 49.1 Å². The van der Waals surface area contributed by atoms with Crippen LogP contribution in [0.5, 0.6) is 0 Å². The zero-order valence-corrected chi connectivity index (χ0v) is 29.8.